The van der Waals surface area contributed by atoms with Gasteiger partial charge in [0.25, 0.3) is 5.91 Å². The van der Waals surface area contributed by atoms with Gasteiger partial charge in [-0.15, -0.1) is 0 Å². The summed E-state index contributed by atoms with van der Waals surface area (Å²) in [6.45, 7) is 0.714. The summed E-state index contributed by atoms with van der Waals surface area (Å²) in [5.74, 6) is 0.327. The quantitative estimate of drug-likeness (QED) is 0.752. The van der Waals surface area contributed by atoms with Crippen molar-refractivity contribution < 1.29 is 14.3 Å². The van der Waals surface area contributed by atoms with Gasteiger partial charge in [0.15, 0.2) is 0 Å². The van der Waals surface area contributed by atoms with E-state index < -0.39 is 0 Å². The van der Waals surface area contributed by atoms with Crippen LogP contribution in [0, 0.1) is 0 Å². The number of nitrogens with two attached hydrogens (primary N) is 1. The Morgan fingerprint density at radius 3 is 2.71 bits per heavy atom. The molecule has 17 heavy (non-hydrogen) atoms. The predicted octanol–water partition coefficient (Wildman–Crippen LogP) is 0.399. The molecule has 0 aliphatic rings. The van der Waals surface area contributed by atoms with E-state index in [4.69, 9.17) is 15.2 Å². The van der Waals surface area contributed by atoms with Gasteiger partial charge >= 0.3 is 0 Å². The highest BCUT2D eigenvalue weighted by atomic mass is 16.5. The molecule has 0 spiro atoms. The maximum atomic E-state index is 12.0. The van der Waals surface area contributed by atoms with Gasteiger partial charge in [-0.1, -0.05) is 12.1 Å². The molecule has 1 amide bonds. The van der Waals surface area contributed by atoms with Crippen molar-refractivity contribution in [2.24, 2.45) is 5.73 Å². The molecule has 0 aromatic heterocycles. The van der Waals surface area contributed by atoms with Gasteiger partial charge < -0.3 is 20.5 Å². The van der Waals surface area contributed by atoms with E-state index in [1.807, 2.05) is 6.07 Å². The van der Waals surface area contributed by atoms with Gasteiger partial charge in [0, 0.05) is 13.7 Å². The molecule has 0 radical (unpaired) electrons. The Morgan fingerprint density at radius 2 is 2.12 bits per heavy atom. The number of nitrogens with one attached hydrogen (secondary N) is 1. The smallest absolute Gasteiger partial charge is 0.255 e. The first-order chi connectivity index (χ1) is 8.22. The Hall–Kier alpha value is -1.59. The van der Waals surface area contributed by atoms with E-state index in [2.05, 4.69) is 5.32 Å². The Balaban J connectivity index is 2.75. The van der Waals surface area contributed by atoms with Crippen LogP contribution in [0.25, 0.3) is 0 Å². The van der Waals surface area contributed by atoms with Crippen LogP contribution in [-0.4, -0.2) is 39.3 Å². The van der Waals surface area contributed by atoms with Crippen LogP contribution in [0.5, 0.6) is 5.75 Å². The molecule has 1 atom stereocenters. The van der Waals surface area contributed by atoms with Crippen LogP contribution >= 0.6 is 0 Å². The zero-order valence-corrected chi connectivity index (χ0v) is 10.1. The van der Waals surface area contributed by atoms with E-state index in [-0.39, 0.29) is 11.9 Å². The lowest BCUT2D eigenvalue weighted by Crippen LogP contribution is -2.43. The summed E-state index contributed by atoms with van der Waals surface area (Å²) in [5, 5.41) is 2.79. The van der Waals surface area contributed by atoms with Crippen molar-refractivity contribution >= 4 is 5.91 Å². The monoisotopic (exact) mass is 238 g/mol. The van der Waals surface area contributed by atoms with E-state index in [0.717, 1.165) is 0 Å². The fraction of sp³-hybridized carbons (Fsp3) is 0.417. The maximum Gasteiger partial charge on any atom is 0.255 e. The first-order valence-corrected chi connectivity index (χ1v) is 5.35. The number of hydrogen-bond donors (Lipinski definition) is 2. The Morgan fingerprint density at radius 1 is 1.41 bits per heavy atom. The number of carbonyl (C=O) groups excluding carboxylic acids is 1. The maximum absolute atomic E-state index is 12.0. The third-order valence-corrected chi connectivity index (χ3v) is 2.34. The first kappa shape index (κ1) is 13.5. The highest BCUT2D eigenvalue weighted by molar-refractivity contribution is 5.97. The molecule has 94 valence electrons. The van der Waals surface area contributed by atoms with Gasteiger partial charge in [-0.3, -0.25) is 4.79 Å². The minimum absolute atomic E-state index is 0.197. The highest BCUT2D eigenvalue weighted by Gasteiger charge is 2.15. The molecule has 0 saturated carbocycles. The third-order valence-electron chi connectivity index (χ3n) is 2.34. The van der Waals surface area contributed by atoms with E-state index in [1.54, 1.807) is 25.3 Å². The summed E-state index contributed by atoms with van der Waals surface area (Å²) in [5.41, 5.74) is 6.02. The van der Waals surface area contributed by atoms with Gasteiger partial charge in [-0.25, -0.2) is 0 Å². The summed E-state index contributed by atoms with van der Waals surface area (Å²) >= 11 is 0. The molecule has 0 aliphatic carbocycles. The van der Waals surface area contributed by atoms with E-state index >= 15 is 0 Å². The van der Waals surface area contributed by atoms with E-state index in [0.29, 0.717) is 24.5 Å². The number of hydrogen-bond acceptors (Lipinski definition) is 4. The second kappa shape index (κ2) is 6.88. The predicted molar refractivity (Wildman–Crippen MR) is 65.2 cm³/mol. The molecule has 5 heteroatoms. The van der Waals surface area contributed by atoms with Gasteiger partial charge in [0.1, 0.15) is 5.75 Å². The second-order valence-corrected chi connectivity index (χ2v) is 3.56. The van der Waals surface area contributed by atoms with Crippen molar-refractivity contribution in [2.45, 2.75) is 6.04 Å². The molecule has 0 saturated heterocycles. The molecule has 5 nitrogen and oxygen atoms in total. The number of methoxy groups -OCH3 is 2. The number of benzene rings is 1. The molecule has 0 heterocycles. The molecule has 1 unspecified atom stereocenters. The molecule has 1 aromatic carbocycles. The lowest BCUT2D eigenvalue weighted by molar-refractivity contribution is 0.0897. The average molecular weight is 238 g/mol. The van der Waals surface area contributed by atoms with Crippen molar-refractivity contribution in [2.75, 3.05) is 27.4 Å². The van der Waals surface area contributed by atoms with Crippen molar-refractivity contribution in [3.8, 4) is 5.75 Å². The number of para-hydroxylation sites is 1. The van der Waals surface area contributed by atoms with Gasteiger partial charge in [0.2, 0.25) is 0 Å². The topological polar surface area (TPSA) is 73.6 Å². The van der Waals surface area contributed by atoms with Crippen molar-refractivity contribution in [3.63, 3.8) is 0 Å². The lowest BCUT2D eigenvalue weighted by Gasteiger charge is -2.16. The molecular formula is C12H18N2O3. The van der Waals surface area contributed by atoms with Crippen LogP contribution in [0.1, 0.15) is 10.4 Å². The molecule has 1 aromatic rings. The molecule has 0 aliphatic heterocycles. The SMILES string of the molecule is COCC(CN)NC(=O)c1ccccc1OC. The van der Waals surface area contributed by atoms with E-state index in [1.165, 1.54) is 7.11 Å². The largest absolute Gasteiger partial charge is 0.496 e. The fourth-order valence-electron chi connectivity index (χ4n) is 1.47. The summed E-state index contributed by atoms with van der Waals surface area (Å²) in [6.07, 6.45) is 0. The second-order valence-electron chi connectivity index (χ2n) is 3.56. The minimum Gasteiger partial charge on any atom is -0.496 e. The zero-order valence-electron chi connectivity index (χ0n) is 10.1. The molecular weight excluding hydrogens is 220 g/mol. The lowest BCUT2D eigenvalue weighted by atomic mass is 10.1. The normalized spacial score (nSPS) is 11.9. The minimum atomic E-state index is -0.213. The third kappa shape index (κ3) is 3.72. The number of amides is 1. The molecule has 0 bridgehead atoms. The van der Waals surface area contributed by atoms with Gasteiger partial charge in [-0.05, 0) is 12.1 Å². The van der Waals surface area contributed by atoms with Crippen molar-refractivity contribution in [1.82, 2.24) is 5.32 Å². The van der Waals surface area contributed by atoms with Crippen LogP contribution < -0.4 is 15.8 Å². The summed E-state index contributed by atoms with van der Waals surface area (Å²) in [6, 6.07) is 6.84. The first-order valence-electron chi connectivity index (χ1n) is 5.35. The average Bonchev–Trinajstić information content (AvgIpc) is 2.38. The highest BCUT2D eigenvalue weighted by Crippen LogP contribution is 2.16. The Kier molecular flexibility index (Phi) is 5.45. The van der Waals surface area contributed by atoms with E-state index in [9.17, 15) is 4.79 Å². The Labute approximate surface area is 101 Å². The fourth-order valence-corrected chi connectivity index (χ4v) is 1.47. The van der Waals surface area contributed by atoms with Crippen LogP contribution in [0.3, 0.4) is 0 Å². The summed E-state index contributed by atoms with van der Waals surface area (Å²) < 4.78 is 10.1. The molecule has 0 fully saturated rings. The number of ether oxygens (including phenoxy) is 2. The van der Waals surface area contributed by atoms with Crippen LogP contribution in [0.15, 0.2) is 24.3 Å². The van der Waals surface area contributed by atoms with Crippen molar-refractivity contribution in [3.05, 3.63) is 29.8 Å². The number of carbonyl (C=O) groups is 1. The van der Waals surface area contributed by atoms with Gasteiger partial charge in [0.05, 0.1) is 25.3 Å². The van der Waals surface area contributed by atoms with Crippen LogP contribution in [0.2, 0.25) is 0 Å². The molecule has 3 N–H and O–H groups in total. The summed E-state index contributed by atoms with van der Waals surface area (Å²) in [7, 11) is 3.10. The van der Waals surface area contributed by atoms with Gasteiger partial charge in [-0.2, -0.15) is 0 Å². The summed E-state index contributed by atoms with van der Waals surface area (Å²) in [4.78, 5) is 12.0. The number of rotatable bonds is 6. The van der Waals surface area contributed by atoms with Crippen molar-refractivity contribution in [1.29, 1.82) is 0 Å². The standard InChI is InChI=1S/C12H18N2O3/c1-16-8-9(7-13)14-12(15)10-5-3-4-6-11(10)17-2/h3-6,9H,7-8,13H2,1-2H3,(H,14,15). The zero-order chi connectivity index (χ0) is 12.7. The Bertz CT molecular complexity index is 369. The molecule has 1 rings (SSSR count). The van der Waals surface area contributed by atoms with Crippen LogP contribution in [-0.2, 0) is 4.74 Å². The van der Waals surface area contributed by atoms with Crippen LogP contribution in [0.4, 0.5) is 0 Å².